The minimum atomic E-state index is -4.42. The average molecular weight is 429 g/mol. The molecule has 0 radical (unpaired) electrons. The lowest BCUT2D eigenvalue weighted by Crippen LogP contribution is -2.34. The SMILES string of the molecule is CC(C)(C)OC(=O)NCCCC[C@@H](N=[N+]=[N-])C(=O)NCc1ccc(C(F)(F)F)cc1. The lowest BCUT2D eigenvalue weighted by molar-refractivity contribution is -0.137. The molecule has 0 aliphatic heterocycles. The third-order valence-corrected chi connectivity index (χ3v) is 3.81. The van der Waals surface area contributed by atoms with Gasteiger partial charge in [0.1, 0.15) is 11.6 Å². The third-order valence-electron chi connectivity index (χ3n) is 3.81. The minimum Gasteiger partial charge on any atom is -0.444 e. The number of azide groups is 1. The molecule has 0 unspecified atom stereocenters. The zero-order chi connectivity index (χ0) is 22.8. The normalized spacial score (nSPS) is 12.5. The summed E-state index contributed by atoms with van der Waals surface area (Å²) in [5.41, 5.74) is 7.77. The molecule has 8 nitrogen and oxygen atoms in total. The highest BCUT2D eigenvalue weighted by Crippen LogP contribution is 2.29. The minimum absolute atomic E-state index is 0.00855. The first-order valence-electron chi connectivity index (χ1n) is 9.37. The van der Waals surface area contributed by atoms with Crippen molar-refractivity contribution in [3.05, 3.63) is 45.8 Å². The number of alkyl halides is 3. The first kappa shape index (κ1) is 25.1. The van der Waals surface area contributed by atoms with Crippen LogP contribution in [0, 0.1) is 0 Å². The number of hydrogen-bond donors (Lipinski definition) is 2. The van der Waals surface area contributed by atoms with Crippen LogP contribution in [0.25, 0.3) is 10.4 Å². The first-order chi connectivity index (χ1) is 13.9. The fourth-order valence-electron chi connectivity index (χ4n) is 2.39. The maximum atomic E-state index is 12.6. The Hall–Kier alpha value is -2.94. The molecule has 0 aromatic heterocycles. The number of unbranched alkanes of at least 4 members (excludes halogenated alkanes) is 1. The Labute approximate surface area is 172 Å². The third kappa shape index (κ3) is 10.0. The van der Waals surface area contributed by atoms with Crippen LogP contribution in [0.4, 0.5) is 18.0 Å². The molecule has 0 bridgehead atoms. The zero-order valence-corrected chi connectivity index (χ0v) is 17.1. The van der Waals surface area contributed by atoms with E-state index in [4.69, 9.17) is 10.3 Å². The van der Waals surface area contributed by atoms with Crippen LogP contribution in [0.3, 0.4) is 0 Å². The summed E-state index contributed by atoms with van der Waals surface area (Å²) >= 11 is 0. The lowest BCUT2D eigenvalue weighted by Gasteiger charge is -2.19. The van der Waals surface area contributed by atoms with Gasteiger partial charge in [0.15, 0.2) is 0 Å². The standard InChI is InChI=1S/C19H26F3N5O3/c1-18(2,3)30-17(29)24-11-5-4-6-15(26-27-23)16(28)25-12-13-7-9-14(10-8-13)19(20,21)22/h7-10,15H,4-6,11-12H2,1-3H3,(H,24,29)(H,25,28)/t15-/m1/s1. The van der Waals surface area contributed by atoms with Crippen LogP contribution in [0.15, 0.2) is 29.4 Å². The molecule has 2 amide bonds. The molecular formula is C19H26F3N5O3. The number of ether oxygens (including phenoxy) is 1. The summed E-state index contributed by atoms with van der Waals surface area (Å²) in [6.07, 6.45) is -3.65. The summed E-state index contributed by atoms with van der Waals surface area (Å²) in [6, 6.07) is 3.46. The van der Waals surface area contributed by atoms with Crippen molar-refractivity contribution in [1.82, 2.24) is 10.6 Å². The molecule has 166 valence electrons. The van der Waals surface area contributed by atoms with E-state index < -0.39 is 35.4 Å². The molecule has 0 aliphatic carbocycles. The van der Waals surface area contributed by atoms with Gasteiger partial charge >= 0.3 is 12.3 Å². The Bertz CT molecular complexity index is 754. The van der Waals surface area contributed by atoms with Crippen molar-refractivity contribution in [3.8, 4) is 0 Å². The Morgan fingerprint density at radius 2 is 1.77 bits per heavy atom. The van der Waals surface area contributed by atoms with E-state index in [1.165, 1.54) is 12.1 Å². The molecule has 1 aromatic rings. The van der Waals surface area contributed by atoms with Gasteiger partial charge in [-0.2, -0.15) is 13.2 Å². The van der Waals surface area contributed by atoms with Gasteiger partial charge in [-0.3, -0.25) is 4.79 Å². The van der Waals surface area contributed by atoms with Crippen LogP contribution in [0.1, 0.15) is 51.2 Å². The summed E-state index contributed by atoms with van der Waals surface area (Å²) in [6.45, 7) is 5.60. The fraction of sp³-hybridized carbons (Fsp3) is 0.579. The number of halogens is 3. The number of amides is 2. The number of hydrogen-bond acceptors (Lipinski definition) is 4. The first-order valence-corrected chi connectivity index (χ1v) is 9.37. The molecular weight excluding hydrogens is 403 g/mol. The second kappa shape index (κ2) is 11.3. The van der Waals surface area contributed by atoms with Gasteiger partial charge < -0.3 is 15.4 Å². The maximum Gasteiger partial charge on any atom is 0.416 e. The lowest BCUT2D eigenvalue weighted by atomic mass is 10.1. The predicted octanol–water partition coefficient (Wildman–Crippen LogP) is 4.70. The zero-order valence-electron chi connectivity index (χ0n) is 17.1. The van der Waals surface area contributed by atoms with Crippen LogP contribution >= 0.6 is 0 Å². The van der Waals surface area contributed by atoms with Gasteiger partial charge in [0, 0.05) is 18.0 Å². The highest BCUT2D eigenvalue weighted by molar-refractivity contribution is 5.81. The second-order valence-corrected chi connectivity index (χ2v) is 7.56. The molecule has 0 heterocycles. The molecule has 1 rings (SSSR count). The van der Waals surface area contributed by atoms with Crippen LogP contribution in [0.5, 0.6) is 0 Å². The van der Waals surface area contributed by atoms with E-state index in [0.29, 0.717) is 24.9 Å². The Morgan fingerprint density at radius 1 is 1.13 bits per heavy atom. The van der Waals surface area contributed by atoms with Crippen LogP contribution in [0.2, 0.25) is 0 Å². The van der Waals surface area contributed by atoms with Crippen LogP contribution in [-0.4, -0.2) is 30.2 Å². The summed E-state index contributed by atoms with van der Waals surface area (Å²) in [5, 5.41) is 8.61. The molecule has 1 aromatic carbocycles. The Morgan fingerprint density at radius 3 is 2.30 bits per heavy atom. The van der Waals surface area contributed by atoms with Gasteiger partial charge in [-0.15, -0.1) is 0 Å². The van der Waals surface area contributed by atoms with Crippen molar-refractivity contribution >= 4 is 12.0 Å². The summed E-state index contributed by atoms with van der Waals surface area (Å²) in [5.74, 6) is -0.521. The maximum absolute atomic E-state index is 12.6. The van der Waals surface area contributed by atoms with Gasteiger partial charge in [0.25, 0.3) is 0 Å². The Balaban J connectivity index is 2.42. The number of rotatable bonds is 9. The highest BCUT2D eigenvalue weighted by Gasteiger charge is 2.29. The van der Waals surface area contributed by atoms with Gasteiger partial charge in [-0.25, -0.2) is 4.79 Å². The van der Waals surface area contributed by atoms with Gasteiger partial charge in [0.2, 0.25) is 5.91 Å². The van der Waals surface area contributed by atoms with E-state index in [1.807, 2.05) is 0 Å². The van der Waals surface area contributed by atoms with Gasteiger partial charge in [-0.05, 0) is 56.8 Å². The Kier molecular flexibility index (Phi) is 9.45. The van der Waals surface area contributed by atoms with Crippen LogP contribution < -0.4 is 10.6 Å². The fourth-order valence-corrected chi connectivity index (χ4v) is 2.39. The molecule has 0 saturated heterocycles. The van der Waals surface area contributed by atoms with Crippen molar-refractivity contribution in [2.45, 2.75) is 64.4 Å². The number of nitrogens with zero attached hydrogens (tertiary/aromatic N) is 3. The van der Waals surface area contributed by atoms with E-state index >= 15 is 0 Å². The number of alkyl carbamates (subject to hydrolysis) is 1. The van der Waals surface area contributed by atoms with Crippen molar-refractivity contribution in [1.29, 1.82) is 0 Å². The molecule has 0 saturated carbocycles. The monoisotopic (exact) mass is 429 g/mol. The number of nitrogens with one attached hydrogen (secondary N) is 2. The van der Waals surface area contributed by atoms with Crippen molar-refractivity contribution in [2.24, 2.45) is 5.11 Å². The quantitative estimate of drug-likeness (QED) is 0.257. The summed E-state index contributed by atoms with van der Waals surface area (Å²) in [4.78, 5) is 26.4. The van der Waals surface area contributed by atoms with Crippen molar-refractivity contribution in [3.63, 3.8) is 0 Å². The molecule has 1 atom stereocenters. The van der Waals surface area contributed by atoms with E-state index in [1.54, 1.807) is 20.8 Å². The van der Waals surface area contributed by atoms with E-state index in [9.17, 15) is 22.8 Å². The van der Waals surface area contributed by atoms with E-state index in [0.717, 1.165) is 12.1 Å². The molecule has 30 heavy (non-hydrogen) atoms. The molecule has 0 spiro atoms. The van der Waals surface area contributed by atoms with E-state index in [2.05, 4.69) is 20.7 Å². The summed E-state index contributed by atoms with van der Waals surface area (Å²) < 4.78 is 42.8. The number of carbonyl (C=O) groups excluding carboxylic acids is 2. The number of carbonyl (C=O) groups is 2. The molecule has 11 heteroatoms. The highest BCUT2D eigenvalue weighted by atomic mass is 19.4. The molecule has 0 fully saturated rings. The summed E-state index contributed by atoms with van der Waals surface area (Å²) in [7, 11) is 0. The second-order valence-electron chi connectivity index (χ2n) is 7.56. The topological polar surface area (TPSA) is 116 Å². The van der Waals surface area contributed by atoms with E-state index in [-0.39, 0.29) is 13.0 Å². The number of benzene rings is 1. The largest absolute Gasteiger partial charge is 0.444 e. The van der Waals surface area contributed by atoms with Crippen molar-refractivity contribution < 1.29 is 27.5 Å². The van der Waals surface area contributed by atoms with Gasteiger partial charge in [-0.1, -0.05) is 23.7 Å². The van der Waals surface area contributed by atoms with Gasteiger partial charge in [0.05, 0.1) is 5.56 Å². The van der Waals surface area contributed by atoms with Crippen LogP contribution in [-0.2, 0) is 22.3 Å². The average Bonchev–Trinajstić information content (AvgIpc) is 2.63. The predicted molar refractivity (Wildman–Crippen MR) is 104 cm³/mol. The molecule has 0 aliphatic rings. The van der Waals surface area contributed by atoms with Crippen molar-refractivity contribution in [2.75, 3.05) is 6.54 Å². The smallest absolute Gasteiger partial charge is 0.416 e. The molecule has 2 N–H and O–H groups in total.